The van der Waals surface area contributed by atoms with Crippen LogP contribution >= 0.6 is 0 Å². The Balaban J connectivity index is 1.97. The van der Waals surface area contributed by atoms with Gasteiger partial charge in [0.25, 0.3) is 0 Å². The molecule has 3 atom stereocenters. The number of carbonyl (C=O) groups excluding carboxylic acids is 1. The lowest BCUT2D eigenvalue weighted by atomic mass is 9.70. The van der Waals surface area contributed by atoms with Crippen molar-refractivity contribution in [1.82, 2.24) is 0 Å². The zero-order chi connectivity index (χ0) is 13.9. The standard InChI is InChI=1S/C18H16O2/c1-11-13-5-3-4-6-14(13)18(2)15(9-16(19)17(11)18)12-7-8-20-10-12/h3-8,10,15,17H,1,9H2,2H3/t15-,17-,18+/m1/s1. The molecule has 2 nitrogen and oxygen atoms in total. The second-order valence-corrected chi connectivity index (χ2v) is 6.07. The minimum atomic E-state index is -0.186. The van der Waals surface area contributed by atoms with Gasteiger partial charge in [0.15, 0.2) is 0 Å². The molecule has 1 aromatic carbocycles. The highest BCUT2D eigenvalue weighted by Crippen LogP contribution is 2.61. The molecule has 1 saturated carbocycles. The topological polar surface area (TPSA) is 30.2 Å². The average Bonchev–Trinajstić information content (AvgIpc) is 3.10. The Bertz CT molecular complexity index is 711. The highest BCUT2D eigenvalue weighted by Gasteiger charge is 2.58. The molecule has 0 N–H and O–H groups in total. The monoisotopic (exact) mass is 264 g/mol. The van der Waals surface area contributed by atoms with Crippen molar-refractivity contribution in [3.63, 3.8) is 0 Å². The van der Waals surface area contributed by atoms with Crippen molar-refractivity contribution in [2.24, 2.45) is 5.92 Å². The lowest BCUT2D eigenvalue weighted by molar-refractivity contribution is -0.119. The summed E-state index contributed by atoms with van der Waals surface area (Å²) in [5.74, 6) is 0.402. The fraction of sp³-hybridized carbons (Fsp3) is 0.278. The molecular formula is C18H16O2. The molecule has 1 aromatic heterocycles. The number of benzene rings is 1. The van der Waals surface area contributed by atoms with Crippen molar-refractivity contribution < 1.29 is 9.21 Å². The number of furan rings is 1. The molecule has 0 amide bonds. The Morgan fingerprint density at radius 2 is 2.10 bits per heavy atom. The number of allylic oxidation sites excluding steroid dienone is 1. The van der Waals surface area contributed by atoms with E-state index in [2.05, 4.69) is 31.7 Å². The summed E-state index contributed by atoms with van der Waals surface area (Å²) in [6, 6.07) is 10.3. The van der Waals surface area contributed by atoms with Gasteiger partial charge < -0.3 is 4.42 Å². The first kappa shape index (κ1) is 11.7. The summed E-state index contributed by atoms with van der Waals surface area (Å²) in [5, 5.41) is 0. The van der Waals surface area contributed by atoms with Crippen LogP contribution in [0.2, 0.25) is 0 Å². The zero-order valence-corrected chi connectivity index (χ0v) is 11.4. The van der Waals surface area contributed by atoms with Gasteiger partial charge in [-0.15, -0.1) is 0 Å². The summed E-state index contributed by atoms with van der Waals surface area (Å²) in [4.78, 5) is 12.6. The minimum absolute atomic E-state index is 0.0835. The smallest absolute Gasteiger partial charge is 0.141 e. The second kappa shape index (κ2) is 3.72. The normalized spacial score (nSPS) is 31.4. The molecule has 2 aromatic rings. The Labute approximate surface area is 118 Å². The van der Waals surface area contributed by atoms with Gasteiger partial charge in [-0.3, -0.25) is 4.79 Å². The summed E-state index contributed by atoms with van der Waals surface area (Å²) in [6.45, 7) is 6.41. The van der Waals surface area contributed by atoms with E-state index >= 15 is 0 Å². The van der Waals surface area contributed by atoms with E-state index in [1.807, 2.05) is 12.1 Å². The van der Waals surface area contributed by atoms with Gasteiger partial charge in [-0.1, -0.05) is 37.8 Å². The van der Waals surface area contributed by atoms with E-state index in [-0.39, 0.29) is 17.3 Å². The molecule has 20 heavy (non-hydrogen) atoms. The molecule has 0 saturated heterocycles. The van der Waals surface area contributed by atoms with E-state index in [1.54, 1.807) is 12.5 Å². The number of hydrogen-bond acceptors (Lipinski definition) is 2. The number of fused-ring (bicyclic) bond motifs is 3. The Hall–Kier alpha value is -2.09. The molecule has 0 radical (unpaired) electrons. The first-order chi connectivity index (χ1) is 9.64. The van der Waals surface area contributed by atoms with Gasteiger partial charge in [-0.25, -0.2) is 0 Å². The van der Waals surface area contributed by atoms with Crippen LogP contribution in [-0.2, 0) is 10.2 Å². The molecule has 2 aliphatic rings. The van der Waals surface area contributed by atoms with Crippen molar-refractivity contribution in [3.8, 4) is 0 Å². The number of hydrogen-bond donors (Lipinski definition) is 0. The minimum Gasteiger partial charge on any atom is -0.472 e. The van der Waals surface area contributed by atoms with Crippen molar-refractivity contribution in [1.29, 1.82) is 0 Å². The van der Waals surface area contributed by atoms with E-state index in [4.69, 9.17) is 4.42 Å². The fourth-order valence-electron chi connectivity index (χ4n) is 4.29. The van der Waals surface area contributed by atoms with E-state index < -0.39 is 0 Å². The predicted molar refractivity (Wildman–Crippen MR) is 77.4 cm³/mol. The number of carbonyl (C=O) groups is 1. The molecule has 4 rings (SSSR count). The summed E-state index contributed by atoms with van der Waals surface area (Å²) in [5.41, 5.74) is 4.33. The van der Waals surface area contributed by atoms with Gasteiger partial charge in [0.05, 0.1) is 18.4 Å². The Morgan fingerprint density at radius 1 is 1.30 bits per heavy atom. The number of Topliss-reactive ketones (excluding diaryl/α,β-unsaturated/α-hetero) is 1. The highest BCUT2D eigenvalue weighted by molar-refractivity contribution is 6.01. The lowest BCUT2D eigenvalue weighted by Gasteiger charge is -2.31. The van der Waals surface area contributed by atoms with E-state index in [1.165, 1.54) is 5.56 Å². The maximum Gasteiger partial charge on any atom is 0.141 e. The maximum absolute atomic E-state index is 12.6. The molecule has 1 heterocycles. The van der Waals surface area contributed by atoms with Crippen LogP contribution in [0.4, 0.5) is 0 Å². The van der Waals surface area contributed by atoms with E-state index in [0.29, 0.717) is 12.2 Å². The van der Waals surface area contributed by atoms with Gasteiger partial charge in [-0.05, 0) is 28.3 Å². The van der Waals surface area contributed by atoms with E-state index in [9.17, 15) is 4.79 Å². The molecule has 0 unspecified atom stereocenters. The fourth-order valence-corrected chi connectivity index (χ4v) is 4.29. The average molecular weight is 264 g/mol. The quantitative estimate of drug-likeness (QED) is 0.781. The van der Waals surface area contributed by atoms with Crippen LogP contribution in [0.3, 0.4) is 0 Å². The van der Waals surface area contributed by atoms with Crippen LogP contribution in [-0.4, -0.2) is 5.78 Å². The van der Waals surface area contributed by atoms with Gasteiger partial charge in [0.2, 0.25) is 0 Å². The van der Waals surface area contributed by atoms with Crippen LogP contribution in [0.1, 0.15) is 36.0 Å². The molecule has 0 spiro atoms. The van der Waals surface area contributed by atoms with Gasteiger partial charge in [0, 0.05) is 17.8 Å². The SMILES string of the molecule is C=C1c2ccccc2[C@]2(C)[C@H]1C(=O)C[C@@H]2c1ccoc1. The Kier molecular flexibility index (Phi) is 2.18. The third kappa shape index (κ3) is 1.22. The molecule has 0 bridgehead atoms. The van der Waals surface area contributed by atoms with E-state index in [0.717, 1.165) is 16.7 Å². The van der Waals surface area contributed by atoms with Gasteiger partial charge >= 0.3 is 0 Å². The van der Waals surface area contributed by atoms with Crippen LogP contribution in [0.5, 0.6) is 0 Å². The molecule has 2 aliphatic carbocycles. The number of rotatable bonds is 1. The third-order valence-corrected chi connectivity index (χ3v) is 5.20. The molecule has 100 valence electrons. The van der Waals surface area contributed by atoms with Crippen LogP contribution in [0, 0.1) is 5.92 Å². The summed E-state index contributed by atoms with van der Waals surface area (Å²) >= 11 is 0. The van der Waals surface area contributed by atoms with Crippen LogP contribution in [0.15, 0.2) is 53.9 Å². The summed E-state index contributed by atoms with van der Waals surface area (Å²) in [6.07, 6.45) is 4.04. The summed E-state index contributed by atoms with van der Waals surface area (Å²) in [7, 11) is 0. The van der Waals surface area contributed by atoms with Crippen LogP contribution < -0.4 is 0 Å². The largest absolute Gasteiger partial charge is 0.472 e. The lowest BCUT2D eigenvalue weighted by Crippen LogP contribution is -2.29. The van der Waals surface area contributed by atoms with Gasteiger partial charge in [0.1, 0.15) is 5.78 Å². The highest BCUT2D eigenvalue weighted by atomic mass is 16.3. The van der Waals surface area contributed by atoms with Crippen molar-refractivity contribution >= 4 is 11.4 Å². The summed E-state index contributed by atoms with van der Waals surface area (Å²) < 4.78 is 5.24. The maximum atomic E-state index is 12.6. The van der Waals surface area contributed by atoms with Crippen molar-refractivity contribution in [3.05, 3.63) is 66.1 Å². The molecule has 2 heteroatoms. The molecular weight excluding hydrogens is 248 g/mol. The van der Waals surface area contributed by atoms with Crippen molar-refractivity contribution in [2.45, 2.75) is 24.7 Å². The third-order valence-electron chi connectivity index (χ3n) is 5.20. The first-order valence-electron chi connectivity index (χ1n) is 6.97. The Morgan fingerprint density at radius 3 is 2.85 bits per heavy atom. The predicted octanol–water partition coefficient (Wildman–Crippen LogP) is 3.94. The zero-order valence-electron chi connectivity index (χ0n) is 11.4. The number of ketones is 1. The van der Waals surface area contributed by atoms with Crippen molar-refractivity contribution in [2.75, 3.05) is 0 Å². The molecule has 0 aliphatic heterocycles. The molecule has 1 fully saturated rings. The first-order valence-corrected chi connectivity index (χ1v) is 6.97. The second-order valence-electron chi connectivity index (χ2n) is 6.07. The van der Waals surface area contributed by atoms with Crippen LogP contribution in [0.25, 0.3) is 5.57 Å². The van der Waals surface area contributed by atoms with Gasteiger partial charge in [-0.2, -0.15) is 0 Å².